The second kappa shape index (κ2) is 3.94. The van der Waals surface area contributed by atoms with Gasteiger partial charge in [-0.3, -0.25) is 0 Å². The lowest BCUT2D eigenvalue weighted by atomic mass is 10.2. The highest BCUT2D eigenvalue weighted by molar-refractivity contribution is 9.10. The minimum Gasteiger partial charge on any atom is -0.357 e. The maximum absolute atomic E-state index is 5.94. The Morgan fingerprint density at radius 3 is 3.00 bits per heavy atom. The van der Waals surface area contributed by atoms with Gasteiger partial charge in [0.2, 0.25) is 0 Å². The molecule has 1 aromatic heterocycles. The van der Waals surface area contributed by atoms with Gasteiger partial charge in [-0.2, -0.15) is 0 Å². The Bertz CT molecular complexity index is 289. The molecular formula is C8H12BrN3S. The molecule has 0 aromatic carbocycles. The summed E-state index contributed by atoms with van der Waals surface area (Å²) in [5, 5.41) is 6.31. The van der Waals surface area contributed by atoms with Gasteiger partial charge in [0, 0.05) is 17.5 Å². The van der Waals surface area contributed by atoms with Crippen molar-refractivity contribution < 1.29 is 0 Å². The normalized spacial score (nSPS) is 27.8. The molecule has 72 valence electrons. The minimum atomic E-state index is 0.294. The number of halogens is 1. The van der Waals surface area contributed by atoms with Crippen LogP contribution in [-0.2, 0) is 0 Å². The Labute approximate surface area is 89.9 Å². The van der Waals surface area contributed by atoms with E-state index in [2.05, 4.69) is 26.2 Å². The number of rotatable bonds is 2. The molecule has 3 N–H and O–H groups in total. The zero-order chi connectivity index (χ0) is 9.26. The topological polar surface area (TPSA) is 50.9 Å². The predicted molar refractivity (Wildman–Crippen MR) is 59.1 cm³/mol. The Hall–Kier alpha value is -0.130. The van der Waals surface area contributed by atoms with Crippen LogP contribution in [0, 0.1) is 0 Å². The summed E-state index contributed by atoms with van der Waals surface area (Å²) in [5.41, 5.74) is 5.94. The van der Waals surface area contributed by atoms with Crippen LogP contribution in [0.3, 0.4) is 0 Å². The molecule has 0 saturated heterocycles. The van der Waals surface area contributed by atoms with Gasteiger partial charge in [0.1, 0.15) is 4.60 Å². The van der Waals surface area contributed by atoms with Crippen molar-refractivity contribution in [3.63, 3.8) is 0 Å². The predicted octanol–water partition coefficient (Wildman–Crippen LogP) is 2.20. The van der Waals surface area contributed by atoms with Crippen LogP contribution in [0.1, 0.15) is 19.3 Å². The van der Waals surface area contributed by atoms with E-state index in [9.17, 15) is 0 Å². The summed E-state index contributed by atoms with van der Waals surface area (Å²) in [6.45, 7) is 0. The minimum absolute atomic E-state index is 0.294. The third-order valence-corrected chi connectivity index (χ3v) is 3.84. The molecule has 1 aliphatic rings. The molecule has 3 nitrogen and oxygen atoms in total. The van der Waals surface area contributed by atoms with Crippen LogP contribution in [-0.4, -0.2) is 17.1 Å². The van der Waals surface area contributed by atoms with Crippen molar-refractivity contribution >= 4 is 32.4 Å². The number of hydrogen-bond acceptors (Lipinski definition) is 4. The Morgan fingerprint density at radius 2 is 2.46 bits per heavy atom. The monoisotopic (exact) mass is 261 g/mol. The molecule has 0 radical (unpaired) electrons. The second-order valence-corrected chi connectivity index (χ2v) is 4.99. The van der Waals surface area contributed by atoms with E-state index in [0.29, 0.717) is 12.1 Å². The first kappa shape index (κ1) is 9.43. The molecule has 2 unspecified atom stereocenters. The molecule has 2 atom stereocenters. The summed E-state index contributed by atoms with van der Waals surface area (Å²) < 4.78 is 0.895. The summed E-state index contributed by atoms with van der Waals surface area (Å²) in [7, 11) is 0. The standard InChI is InChI=1S/C8H12BrN3S/c9-7-4-13-8(12-7)11-6-3-1-2-5(6)10/h4-6H,1-3,10H2,(H,11,12). The first-order valence-corrected chi connectivity index (χ1v) is 6.06. The van der Waals surface area contributed by atoms with E-state index in [-0.39, 0.29) is 0 Å². The van der Waals surface area contributed by atoms with Crippen molar-refractivity contribution in [3.05, 3.63) is 9.98 Å². The molecule has 0 spiro atoms. The van der Waals surface area contributed by atoms with E-state index in [1.54, 1.807) is 11.3 Å². The van der Waals surface area contributed by atoms with Gasteiger partial charge in [0.05, 0.1) is 0 Å². The molecular weight excluding hydrogens is 250 g/mol. The fourth-order valence-corrected chi connectivity index (χ4v) is 2.85. The van der Waals surface area contributed by atoms with Crippen molar-refractivity contribution in [2.75, 3.05) is 5.32 Å². The third kappa shape index (κ3) is 2.21. The SMILES string of the molecule is NC1CCCC1Nc1nc(Br)cs1. The molecule has 13 heavy (non-hydrogen) atoms. The zero-order valence-electron chi connectivity index (χ0n) is 7.16. The molecule has 1 saturated carbocycles. The summed E-state index contributed by atoms with van der Waals surface area (Å²) in [6, 6.07) is 0.709. The molecule has 1 fully saturated rings. The quantitative estimate of drug-likeness (QED) is 0.859. The van der Waals surface area contributed by atoms with Gasteiger partial charge in [-0.05, 0) is 35.2 Å². The second-order valence-electron chi connectivity index (χ2n) is 3.32. The summed E-state index contributed by atoms with van der Waals surface area (Å²) in [6.07, 6.45) is 3.52. The molecule has 1 aromatic rings. The van der Waals surface area contributed by atoms with Crippen molar-refractivity contribution in [2.45, 2.75) is 31.3 Å². The Kier molecular flexibility index (Phi) is 2.86. The Balaban J connectivity index is 1.97. The first-order valence-electron chi connectivity index (χ1n) is 4.39. The van der Waals surface area contributed by atoms with Gasteiger partial charge in [0.25, 0.3) is 0 Å². The van der Waals surface area contributed by atoms with Crippen molar-refractivity contribution in [1.82, 2.24) is 4.98 Å². The van der Waals surface area contributed by atoms with Crippen LogP contribution in [0.15, 0.2) is 9.98 Å². The molecule has 5 heteroatoms. The number of thiazole rings is 1. The average molecular weight is 262 g/mol. The highest BCUT2D eigenvalue weighted by Crippen LogP contribution is 2.25. The lowest BCUT2D eigenvalue weighted by Crippen LogP contribution is -2.35. The number of nitrogens with zero attached hydrogens (tertiary/aromatic N) is 1. The smallest absolute Gasteiger partial charge is 0.184 e. The van der Waals surface area contributed by atoms with E-state index in [0.717, 1.165) is 16.2 Å². The molecule has 0 bridgehead atoms. The van der Waals surface area contributed by atoms with E-state index in [4.69, 9.17) is 5.73 Å². The van der Waals surface area contributed by atoms with Gasteiger partial charge in [0.15, 0.2) is 5.13 Å². The van der Waals surface area contributed by atoms with Crippen molar-refractivity contribution in [1.29, 1.82) is 0 Å². The molecule has 0 amide bonds. The van der Waals surface area contributed by atoms with Crippen molar-refractivity contribution in [3.8, 4) is 0 Å². The Morgan fingerprint density at radius 1 is 1.62 bits per heavy atom. The summed E-state index contributed by atoms with van der Waals surface area (Å²) in [5.74, 6) is 0. The van der Waals surface area contributed by atoms with E-state index < -0.39 is 0 Å². The van der Waals surface area contributed by atoms with Crippen LogP contribution >= 0.6 is 27.3 Å². The number of nitrogens with one attached hydrogen (secondary N) is 1. The molecule has 0 aliphatic heterocycles. The molecule has 2 rings (SSSR count). The van der Waals surface area contributed by atoms with Crippen LogP contribution in [0.5, 0.6) is 0 Å². The fraction of sp³-hybridized carbons (Fsp3) is 0.625. The lowest BCUT2D eigenvalue weighted by molar-refractivity contribution is 0.637. The molecule has 1 aliphatic carbocycles. The van der Waals surface area contributed by atoms with Crippen LogP contribution in [0.25, 0.3) is 0 Å². The van der Waals surface area contributed by atoms with Gasteiger partial charge >= 0.3 is 0 Å². The third-order valence-electron chi connectivity index (χ3n) is 2.35. The number of anilines is 1. The average Bonchev–Trinajstić information content (AvgIpc) is 2.64. The highest BCUT2D eigenvalue weighted by atomic mass is 79.9. The molecule has 1 heterocycles. The fourth-order valence-electron chi connectivity index (χ4n) is 1.65. The summed E-state index contributed by atoms with van der Waals surface area (Å²) >= 11 is 4.94. The lowest BCUT2D eigenvalue weighted by Gasteiger charge is -2.15. The van der Waals surface area contributed by atoms with E-state index in [1.807, 2.05) is 5.38 Å². The van der Waals surface area contributed by atoms with Gasteiger partial charge < -0.3 is 11.1 Å². The van der Waals surface area contributed by atoms with Gasteiger partial charge in [-0.15, -0.1) is 11.3 Å². The maximum Gasteiger partial charge on any atom is 0.184 e. The largest absolute Gasteiger partial charge is 0.357 e. The summed E-state index contributed by atoms with van der Waals surface area (Å²) in [4.78, 5) is 4.28. The van der Waals surface area contributed by atoms with Crippen molar-refractivity contribution in [2.24, 2.45) is 5.73 Å². The van der Waals surface area contributed by atoms with Crippen LogP contribution in [0.4, 0.5) is 5.13 Å². The highest BCUT2D eigenvalue weighted by Gasteiger charge is 2.24. The zero-order valence-corrected chi connectivity index (χ0v) is 9.57. The van der Waals surface area contributed by atoms with Crippen LogP contribution < -0.4 is 11.1 Å². The van der Waals surface area contributed by atoms with E-state index >= 15 is 0 Å². The van der Waals surface area contributed by atoms with Crippen LogP contribution in [0.2, 0.25) is 0 Å². The van der Waals surface area contributed by atoms with Gasteiger partial charge in [-0.1, -0.05) is 0 Å². The maximum atomic E-state index is 5.94. The number of aromatic nitrogens is 1. The first-order chi connectivity index (χ1) is 6.25. The number of nitrogens with two attached hydrogens (primary N) is 1. The van der Waals surface area contributed by atoms with Gasteiger partial charge in [-0.25, -0.2) is 4.98 Å². The number of hydrogen-bond donors (Lipinski definition) is 2. The van der Waals surface area contributed by atoms with E-state index in [1.165, 1.54) is 12.8 Å².